The van der Waals surface area contributed by atoms with Gasteiger partial charge >= 0.3 is 6.03 Å². The van der Waals surface area contributed by atoms with E-state index in [9.17, 15) is 9.59 Å². The number of pyridine rings is 1. The molecule has 114 valence electrons. The first kappa shape index (κ1) is 14.3. The SMILES string of the molecule is Cc1nc(C(=O)N2CCN3C(=O)N(C)CC3C2)ccc1C#N. The van der Waals surface area contributed by atoms with E-state index in [1.807, 2.05) is 11.0 Å². The molecule has 0 N–H and O–H groups in total. The molecule has 0 radical (unpaired) electrons. The van der Waals surface area contributed by atoms with Gasteiger partial charge in [-0.3, -0.25) is 4.79 Å². The number of rotatable bonds is 1. The van der Waals surface area contributed by atoms with Crippen LogP contribution in [0.5, 0.6) is 0 Å². The minimum Gasteiger partial charge on any atom is -0.333 e. The Morgan fingerprint density at radius 2 is 2.14 bits per heavy atom. The van der Waals surface area contributed by atoms with Crippen LogP contribution in [0, 0.1) is 18.3 Å². The van der Waals surface area contributed by atoms with Gasteiger partial charge in [0.1, 0.15) is 11.8 Å². The number of carbonyl (C=O) groups excluding carboxylic acids is 2. The predicted octanol–water partition coefficient (Wildman–Crippen LogP) is 0.454. The quantitative estimate of drug-likeness (QED) is 0.754. The highest BCUT2D eigenvalue weighted by molar-refractivity contribution is 5.92. The molecule has 0 saturated carbocycles. The fourth-order valence-electron chi connectivity index (χ4n) is 3.02. The van der Waals surface area contributed by atoms with Crippen LogP contribution in [0.2, 0.25) is 0 Å². The predicted molar refractivity (Wildman–Crippen MR) is 78.1 cm³/mol. The van der Waals surface area contributed by atoms with E-state index < -0.39 is 0 Å². The first-order chi connectivity index (χ1) is 10.5. The lowest BCUT2D eigenvalue weighted by Crippen LogP contribution is -2.53. The third-order valence-corrected chi connectivity index (χ3v) is 4.25. The smallest absolute Gasteiger partial charge is 0.320 e. The summed E-state index contributed by atoms with van der Waals surface area (Å²) < 4.78 is 0. The summed E-state index contributed by atoms with van der Waals surface area (Å²) in [6.07, 6.45) is 0. The minimum absolute atomic E-state index is 0.0319. The Morgan fingerprint density at radius 3 is 2.82 bits per heavy atom. The molecule has 7 heteroatoms. The van der Waals surface area contributed by atoms with Gasteiger partial charge in [-0.25, -0.2) is 9.78 Å². The van der Waals surface area contributed by atoms with Gasteiger partial charge in [0.25, 0.3) is 5.91 Å². The van der Waals surface area contributed by atoms with Gasteiger partial charge in [-0.05, 0) is 19.1 Å². The number of likely N-dealkylation sites (N-methyl/N-ethyl adjacent to an activating group) is 1. The Hall–Kier alpha value is -2.62. The van der Waals surface area contributed by atoms with Gasteiger partial charge in [0.05, 0.1) is 17.3 Å². The summed E-state index contributed by atoms with van der Waals surface area (Å²) in [4.78, 5) is 33.9. The maximum absolute atomic E-state index is 12.6. The zero-order chi connectivity index (χ0) is 15.9. The Morgan fingerprint density at radius 1 is 1.36 bits per heavy atom. The lowest BCUT2D eigenvalue weighted by molar-refractivity contribution is 0.0611. The van der Waals surface area contributed by atoms with Gasteiger partial charge in [0, 0.05) is 33.2 Å². The zero-order valence-electron chi connectivity index (χ0n) is 12.6. The van der Waals surface area contributed by atoms with Crippen molar-refractivity contribution in [2.45, 2.75) is 13.0 Å². The number of nitriles is 1. The van der Waals surface area contributed by atoms with Crippen LogP contribution in [0.1, 0.15) is 21.7 Å². The summed E-state index contributed by atoms with van der Waals surface area (Å²) in [6.45, 7) is 3.94. The maximum Gasteiger partial charge on any atom is 0.320 e. The standard InChI is InChI=1S/C15H17N5O2/c1-10-11(7-16)3-4-13(17-10)14(21)19-5-6-20-12(9-19)8-18(2)15(20)22/h3-4,12H,5-6,8-9H2,1-2H3. The molecule has 3 heterocycles. The van der Waals surface area contributed by atoms with E-state index in [-0.39, 0.29) is 18.0 Å². The van der Waals surface area contributed by atoms with Gasteiger partial charge in [0.2, 0.25) is 0 Å². The summed E-state index contributed by atoms with van der Waals surface area (Å²) in [5, 5.41) is 8.92. The van der Waals surface area contributed by atoms with Crippen LogP contribution in [0.15, 0.2) is 12.1 Å². The van der Waals surface area contributed by atoms with E-state index in [4.69, 9.17) is 5.26 Å². The van der Waals surface area contributed by atoms with Crippen LogP contribution < -0.4 is 0 Å². The summed E-state index contributed by atoms with van der Waals surface area (Å²) in [7, 11) is 1.78. The molecule has 2 saturated heterocycles. The monoisotopic (exact) mass is 299 g/mol. The average Bonchev–Trinajstić information content (AvgIpc) is 2.80. The van der Waals surface area contributed by atoms with Gasteiger partial charge in [-0.15, -0.1) is 0 Å². The Kier molecular flexibility index (Phi) is 3.45. The largest absolute Gasteiger partial charge is 0.333 e. The summed E-state index contributed by atoms with van der Waals surface area (Å²) in [6, 6.07) is 5.34. The fraction of sp³-hybridized carbons (Fsp3) is 0.467. The summed E-state index contributed by atoms with van der Waals surface area (Å²) in [5.74, 6) is -0.144. The highest BCUT2D eigenvalue weighted by Crippen LogP contribution is 2.20. The van der Waals surface area contributed by atoms with Crippen molar-refractivity contribution in [1.29, 1.82) is 5.26 Å². The van der Waals surface area contributed by atoms with Crippen LogP contribution >= 0.6 is 0 Å². The topological polar surface area (TPSA) is 80.5 Å². The maximum atomic E-state index is 12.6. The van der Waals surface area contributed by atoms with Crippen molar-refractivity contribution in [3.63, 3.8) is 0 Å². The van der Waals surface area contributed by atoms with Crippen molar-refractivity contribution in [1.82, 2.24) is 19.7 Å². The molecule has 3 rings (SSSR count). The molecule has 0 bridgehead atoms. The van der Waals surface area contributed by atoms with Crippen molar-refractivity contribution in [2.24, 2.45) is 0 Å². The van der Waals surface area contributed by atoms with Crippen molar-refractivity contribution in [3.8, 4) is 6.07 Å². The number of aromatic nitrogens is 1. The number of hydrogen-bond donors (Lipinski definition) is 0. The third kappa shape index (κ3) is 2.26. The molecule has 0 spiro atoms. The first-order valence-corrected chi connectivity index (χ1v) is 7.20. The van der Waals surface area contributed by atoms with E-state index >= 15 is 0 Å². The van der Waals surface area contributed by atoms with Crippen LogP contribution in [0.25, 0.3) is 0 Å². The molecule has 2 aliphatic heterocycles. The number of aryl methyl sites for hydroxylation is 1. The molecule has 1 unspecified atom stereocenters. The van der Waals surface area contributed by atoms with E-state index in [1.54, 1.807) is 35.9 Å². The van der Waals surface area contributed by atoms with Crippen molar-refractivity contribution < 1.29 is 9.59 Å². The number of hydrogen-bond acceptors (Lipinski definition) is 4. The Balaban J connectivity index is 1.76. The highest BCUT2D eigenvalue weighted by Gasteiger charge is 2.40. The Bertz CT molecular complexity index is 681. The molecule has 7 nitrogen and oxygen atoms in total. The number of urea groups is 1. The van der Waals surface area contributed by atoms with Crippen LogP contribution in [0.4, 0.5) is 4.79 Å². The second-order valence-corrected chi connectivity index (χ2v) is 5.70. The van der Waals surface area contributed by atoms with Gasteiger partial charge in [0.15, 0.2) is 0 Å². The highest BCUT2D eigenvalue weighted by atomic mass is 16.2. The normalized spacial score (nSPS) is 20.9. The van der Waals surface area contributed by atoms with Gasteiger partial charge in [-0.2, -0.15) is 5.26 Å². The second-order valence-electron chi connectivity index (χ2n) is 5.70. The average molecular weight is 299 g/mol. The van der Waals surface area contributed by atoms with Crippen LogP contribution in [-0.2, 0) is 0 Å². The van der Waals surface area contributed by atoms with Gasteiger partial charge in [-0.1, -0.05) is 0 Å². The molecule has 22 heavy (non-hydrogen) atoms. The number of piperazine rings is 1. The molecule has 3 amide bonds. The van der Waals surface area contributed by atoms with E-state index in [0.29, 0.717) is 43.1 Å². The summed E-state index contributed by atoms with van der Waals surface area (Å²) in [5.41, 5.74) is 1.38. The summed E-state index contributed by atoms with van der Waals surface area (Å²) >= 11 is 0. The van der Waals surface area contributed by atoms with Crippen molar-refractivity contribution in [2.75, 3.05) is 33.2 Å². The molecule has 0 aliphatic carbocycles. The Labute approximate surface area is 128 Å². The minimum atomic E-state index is -0.144. The second kappa shape index (κ2) is 5.30. The third-order valence-electron chi connectivity index (χ3n) is 4.25. The van der Waals surface area contributed by atoms with Crippen molar-refractivity contribution in [3.05, 3.63) is 29.1 Å². The lowest BCUT2D eigenvalue weighted by Gasteiger charge is -2.36. The van der Waals surface area contributed by atoms with E-state index in [2.05, 4.69) is 4.98 Å². The van der Waals surface area contributed by atoms with Crippen LogP contribution in [0.3, 0.4) is 0 Å². The number of carbonyl (C=O) groups is 2. The number of nitrogens with zero attached hydrogens (tertiary/aromatic N) is 5. The number of fused-ring (bicyclic) bond motifs is 1. The molecular formula is C15H17N5O2. The molecule has 2 fully saturated rings. The van der Waals surface area contributed by atoms with E-state index in [1.165, 1.54) is 0 Å². The molecule has 1 aromatic heterocycles. The van der Waals surface area contributed by atoms with Crippen molar-refractivity contribution >= 4 is 11.9 Å². The van der Waals surface area contributed by atoms with Gasteiger partial charge < -0.3 is 14.7 Å². The van der Waals surface area contributed by atoms with Crippen LogP contribution in [-0.4, -0.2) is 70.9 Å². The molecule has 1 aromatic rings. The zero-order valence-corrected chi connectivity index (χ0v) is 12.6. The molecule has 2 aliphatic rings. The first-order valence-electron chi connectivity index (χ1n) is 7.20. The lowest BCUT2D eigenvalue weighted by atomic mass is 10.1. The van der Waals surface area contributed by atoms with E-state index in [0.717, 1.165) is 0 Å². The molecule has 0 aromatic carbocycles. The molecular weight excluding hydrogens is 282 g/mol. The fourth-order valence-corrected chi connectivity index (χ4v) is 3.02. The molecule has 1 atom stereocenters. The number of amides is 3.